The largest absolute Gasteiger partial charge is 0.355 e. The molecule has 0 unspecified atom stereocenters. The lowest BCUT2D eigenvalue weighted by atomic mass is 10.2. The molecule has 0 aliphatic rings. The van der Waals surface area contributed by atoms with Gasteiger partial charge in [-0.2, -0.15) is 10.5 Å². The summed E-state index contributed by atoms with van der Waals surface area (Å²) in [5, 5.41) is 18.5. The SMILES string of the molecule is N#CC(C#N)=CNc1c(F)c(F)cc(F)c1F. The molecule has 1 aromatic rings. The molecule has 1 aromatic carbocycles. The van der Waals surface area contributed by atoms with Gasteiger partial charge in [-0.1, -0.05) is 0 Å². The number of benzene rings is 1. The highest BCUT2D eigenvalue weighted by Gasteiger charge is 2.18. The average Bonchev–Trinajstić information content (AvgIpc) is 2.31. The second-order valence-corrected chi connectivity index (χ2v) is 2.77. The zero-order valence-corrected chi connectivity index (χ0v) is 8.06. The van der Waals surface area contributed by atoms with Crippen molar-refractivity contribution in [2.24, 2.45) is 0 Å². The Bertz CT molecular complexity index is 524. The number of rotatable bonds is 2. The van der Waals surface area contributed by atoms with Gasteiger partial charge in [0.1, 0.15) is 23.4 Å². The fraction of sp³-hybridized carbons (Fsp3) is 0. The van der Waals surface area contributed by atoms with Crippen LogP contribution >= 0.6 is 0 Å². The van der Waals surface area contributed by atoms with Gasteiger partial charge in [0.2, 0.25) is 0 Å². The first kappa shape index (κ1) is 12.5. The molecule has 1 N–H and O–H groups in total. The van der Waals surface area contributed by atoms with Crippen LogP contribution < -0.4 is 5.32 Å². The minimum atomic E-state index is -1.64. The number of allylic oxidation sites excluding steroid dienone is 1. The molecule has 3 nitrogen and oxygen atoms in total. The minimum Gasteiger partial charge on any atom is -0.355 e. The van der Waals surface area contributed by atoms with E-state index in [9.17, 15) is 17.6 Å². The summed E-state index contributed by atoms with van der Waals surface area (Å²) in [5.74, 6) is -6.46. The second kappa shape index (κ2) is 4.99. The van der Waals surface area contributed by atoms with E-state index in [1.165, 1.54) is 12.1 Å². The summed E-state index contributed by atoms with van der Waals surface area (Å²) in [6.07, 6.45) is 0.639. The molecule has 0 atom stereocenters. The standard InChI is InChI=1S/C10H3F4N3/c11-6-1-7(12)9(14)10(8(6)13)17-4-5(2-15)3-16/h1,4,17H. The molecule has 0 amide bonds. The van der Waals surface area contributed by atoms with E-state index in [0.717, 1.165) is 0 Å². The van der Waals surface area contributed by atoms with Gasteiger partial charge in [-0.05, 0) is 0 Å². The summed E-state index contributed by atoms with van der Waals surface area (Å²) in [5.41, 5.74) is -1.61. The lowest BCUT2D eigenvalue weighted by Crippen LogP contribution is -2.02. The number of nitrogens with zero attached hydrogens (tertiary/aromatic N) is 2. The Hall–Kier alpha value is -2.54. The molecule has 0 saturated carbocycles. The van der Waals surface area contributed by atoms with E-state index in [1.54, 1.807) is 0 Å². The topological polar surface area (TPSA) is 59.6 Å². The number of hydrogen-bond donors (Lipinski definition) is 1. The first-order valence-electron chi connectivity index (χ1n) is 4.11. The zero-order valence-electron chi connectivity index (χ0n) is 8.06. The molecule has 0 saturated heterocycles. The van der Waals surface area contributed by atoms with Crippen molar-refractivity contribution < 1.29 is 17.6 Å². The molecule has 0 bridgehead atoms. The Morgan fingerprint density at radius 1 is 1.06 bits per heavy atom. The molecule has 0 aliphatic heterocycles. The molecule has 0 fully saturated rings. The second-order valence-electron chi connectivity index (χ2n) is 2.77. The molecule has 17 heavy (non-hydrogen) atoms. The smallest absolute Gasteiger partial charge is 0.185 e. The van der Waals surface area contributed by atoms with Crippen LogP contribution in [0.3, 0.4) is 0 Å². The van der Waals surface area contributed by atoms with Crippen LogP contribution in [0.15, 0.2) is 17.8 Å². The highest BCUT2D eigenvalue weighted by atomic mass is 19.2. The lowest BCUT2D eigenvalue weighted by Gasteiger charge is -2.05. The predicted molar refractivity (Wildman–Crippen MR) is 49.2 cm³/mol. The van der Waals surface area contributed by atoms with Crippen LogP contribution in [-0.2, 0) is 0 Å². The summed E-state index contributed by atoms with van der Waals surface area (Å²) in [7, 11) is 0. The number of hydrogen-bond acceptors (Lipinski definition) is 3. The summed E-state index contributed by atoms with van der Waals surface area (Å²) in [6.45, 7) is 0. The van der Waals surface area contributed by atoms with Crippen molar-refractivity contribution in [3.8, 4) is 12.1 Å². The van der Waals surface area contributed by atoms with E-state index in [4.69, 9.17) is 10.5 Å². The maximum Gasteiger partial charge on any atom is 0.185 e. The predicted octanol–water partition coefficient (Wildman–Crippen LogP) is 2.59. The number of anilines is 1. The maximum atomic E-state index is 13.1. The summed E-state index contributed by atoms with van der Waals surface area (Å²) >= 11 is 0. The molecular weight excluding hydrogens is 238 g/mol. The average molecular weight is 241 g/mol. The minimum absolute atomic E-state index is 0.0507. The third kappa shape index (κ3) is 2.52. The zero-order chi connectivity index (χ0) is 13.0. The molecule has 0 aliphatic carbocycles. The van der Waals surface area contributed by atoms with Gasteiger partial charge in [-0.15, -0.1) is 0 Å². The van der Waals surface area contributed by atoms with Gasteiger partial charge < -0.3 is 5.32 Å². The molecule has 7 heteroatoms. The van der Waals surface area contributed by atoms with E-state index in [2.05, 4.69) is 0 Å². The Balaban J connectivity index is 3.21. The van der Waals surface area contributed by atoms with Crippen molar-refractivity contribution in [3.05, 3.63) is 41.1 Å². The van der Waals surface area contributed by atoms with Crippen molar-refractivity contribution >= 4 is 5.69 Å². The first-order chi connectivity index (χ1) is 8.01. The normalized spacial score (nSPS) is 9.06. The maximum absolute atomic E-state index is 13.1. The third-order valence-electron chi connectivity index (χ3n) is 1.71. The van der Waals surface area contributed by atoms with Crippen LogP contribution in [0.2, 0.25) is 0 Å². The summed E-state index contributed by atoms with van der Waals surface area (Å²) in [4.78, 5) is 0. The number of halogens is 4. The monoisotopic (exact) mass is 241 g/mol. The van der Waals surface area contributed by atoms with Crippen molar-refractivity contribution in [2.75, 3.05) is 5.32 Å². The van der Waals surface area contributed by atoms with Gasteiger partial charge in [0.15, 0.2) is 23.3 Å². The first-order valence-corrected chi connectivity index (χ1v) is 4.11. The molecular formula is C10H3F4N3. The van der Waals surface area contributed by atoms with Crippen LogP contribution in [-0.4, -0.2) is 0 Å². The van der Waals surface area contributed by atoms with Crippen molar-refractivity contribution in [1.82, 2.24) is 0 Å². The van der Waals surface area contributed by atoms with Crippen molar-refractivity contribution in [2.45, 2.75) is 0 Å². The van der Waals surface area contributed by atoms with Gasteiger partial charge >= 0.3 is 0 Å². The molecule has 0 heterocycles. The fourth-order valence-electron chi connectivity index (χ4n) is 0.934. The van der Waals surface area contributed by atoms with Gasteiger partial charge in [0.05, 0.1) is 0 Å². The fourth-order valence-corrected chi connectivity index (χ4v) is 0.934. The van der Waals surface area contributed by atoms with Gasteiger partial charge in [0, 0.05) is 12.3 Å². The van der Waals surface area contributed by atoms with E-state index >= 15 is 0 Å². The number of nitrogens with one attached hydrogen (secondary N) is 1. The molecule has 1 rings (SSSR count). The molecule has 0 radical (unpaired) electrons. The number of nitriles is 2. The van der Waals surface area contributed by atoms with Crippen LogP contribution in [0.5, 0.6) is 0 Å². The highest BCUT2D eigenvalue weighted by Crippen LogP contribution is 2.24. The Kier molecular flexibility index (Phi) is 3.68. The summed E-state index contributed by atoms with van der Waals surface area (Å²) < 4.78 is 51.6. The van der Waals surface area contributed by atoms with Crippen LogP contribution in [0, 0.1) is 45.9 Å². The Labute approximate surface area is 93.2 Å². The molecule has 0 spiro atoms. The van der Waals surface area contributed by atoms with Gasteiger partial charge in [-0.25, -0.2) is 17.6 Å². The van der Waals surface area contributed by atoms with Crippen LogP contribution in [0.1, 0.15) is 0 Å². The van der Waals surface area contributed by atoms with E-state index in [0.29, 0.717) is 6.20 Å². The Morgan fingerprint density at radius 3 is 1.94 bits per heavy atom. The molecule has 86 valence electrons. The quantitative estimate of drug-likeness (QED) is 0.491. The van der Waals surface area contributed by atoms with Gasteiger partial charge in [0.25, 0.3) is 0 Å². The van der Waals surface area contributed by atoms with E-state index < -0.39 is 34.5 Å². The lowest BCUT2D eigenvalue weighted by molar-refractivity contribution is 0.459. The van der Waals surface area contributed by atoms with Crippen LogP contribution in [0.25, 0.3) is 0 Å². The highest BCUT2D eigenvalue weighted by molar-refractivity contribution is 5.52. The van der Waals surface area contributed by atoms with E-state index in [-0.39, 0.29) is 6.07 Å². The van der Waals surface area contributed by atoms with Crippen molar-refractivity contribution in [1.29, 1.82) is 10.5 Å². The van der Waals surface area contributed by atoms with Crippen LogP contribution in [0.4, 0.5) is 23.2 Å². The Morgan fingerprint density at radius 2 is 1.53 bits per heavy atom. The third-order valence-corrected chi connectivity index (χ3v) is 1.71. The van der Waals surface area contributed by atoms with Crippen molar-refractivity contribution in [3.63, 3.8) is 0 Å². The summed E-state index contributed by atoms with van der Waals surface area (Å²) in [6, 6.07) is 2.84. The van der Waals surface area contributed by atoms with Gasteiger partial charge in [-0.3, -0.25) is 0 Å². The van der Waals surface area contributed by atoms with E-state index in [1.807, 2.05) is 5.32 Å². The molecule has 0 aromatic heterocycles.